The Labute approximate surface area is 336 Å². The minimum absolute atomic E-state index is 1.23. The average Bonchev–Trinajstić information content (AvgIpc) is 3.55. The Bertz CT molecular complexity index is 811. The zero-order valence-electron chi connectivity index (χ0n) is 37.4. The average molecular weight is 742 g/mol. The van der Waals surface area contributed by atoms with Gasteiger partial charge < -0.3 is 0 Å². The molecule has 0 amide bonds. The summed E-state index contributed by atoms with van der Waals surface area (Å²) < 4.78 is 5.32. The molecule has 0 aliphatic heterocycles. The number of hydrogen-bond acceptors (Lipinski definition) is 0. The van der Waals surface area contributed by atoms with E-state index in [0.717, 1.165) is 0 Å². The second-order valence-corrected chi connectivity index (χ2v) is 17.6. The maximum atomic E-state index is 2.66. The van der Waals surface area contributed by atoms with Crippen molar-refractivity contribution in [3.63, 3.8) is 0 Å². The molecule has 0 radical (unpaired) electrons. The predicted molar refractivity (Wildman–Crippen MR) is 239 cm³/mol. The van der Waals surface area contributed by atoms with E-state index in [9.17, 15) is 0 Å². The molecular weight excluding hydrogens is 641 g/mol. The van der Waals surface area contributed by atoms with Crippen LogP contribution >= 0.6 is 0 Å². The van der Waals surface area contributed by atoms with Crippen LogP contribution in [0.3, 0.4) is 0 Å². The lowest BCUT2D eigenvalue weighted by Crippen LogP contribution is -2.37. The zero-order valence-corrected chi connectivity index (χ0v) is 37.4. The highest BCUT2D eigenvalue weighted by atomic mass is 15.1. The Morgan fingerprint density at radius 3 is 0.906 bits per heavy atom. The molecule has 0 N–H and O–H groups in total. The lowest BCUT2D eigenvalue weighted by atomic mass is 10.0. The van der Waals surface area contributed by atoms with Gasteiger partial charge in [0.1, 0.15) is 12.4 Å². The number of nitrogens with zero attached hydrogens (tertiary/aromatic N) is 2. The van der Waals surface area contributed by atoms with Crippen molar-refractivity contribution >= 4 is 0 Å². The highest BCUT2D eigenvalue weighted by molar-refractivity contribution is 4.84. The van der Waals surface area contributed by atoms with Crippen LogP contribution < -0.4 is 4.57 Å². The summed E-state index contributed by atoms with van der Waals surface area (Å²) in [7, 11) is 0. The lowest BCUT2D eigenvalue weighted by Gasteiger charge is -2.07. The van der Waals surface area contributed by atoms with Gasteiger partial charge in [0, 0.05) is 6.42 Å². The summed E-state index contributed by atoms with van der Waals surface area (Å²) in [5.74, 6) is 1.63. The van der Waals surface area contributed by atoms with E-state index in [1.54, 1.807) is 5.82 Å². The number of imidazole rings is 1. The van der Waals surface area contributed by atoms with E-state index in [0.29, 0.717) is 0 Å². The molecule has 1 rings (SSSR count). The van der Waals surface area contributed by atoms with E-state index in [2.05, 4.69) is 42.3 Å². The molecule has 0 saturated carbocycles. The van der Waals surface area contributed by atoms with Gasteiger partial charge in [-0.05, 0) is 32.1 Å². The van der Waals surface area contributed by atoms with Gasteiger partial charge in [-0.2, -0.15) is 0 Å². The van der Waals surface area contributed by atoms with Gasteiger partial charge in [-0.25, -0.2) is 9.13 Å². The Kier molecular flexibility index (Phi) is 40.1. The molecule has 1 aromatic heterocycles. The molecule has 1 aromatic rings. The third-order valence-corrected chi connectivity index (χ3v) is 12.3. The van der Waals surface area contributed by atoms with Crippen molar-refractivity contribution in [1.82, 2.24) is 4.57 Å². The summed E-state index contributed by atoms with van der Waals surface area (Å²) in [5.41, 5.74) is 0. The van der Waals surface area contributed by atoms with E-state index in [4.69, 9.17) is 0 Å². The maximum absolute atomic E-state index is 2.66. The fourth-order valence-electron chi connectivity index (χ4n) is 8.62. The van der Waals surface area contributed by atoms with Gasteiger partial charge in [-0.3, -0.25) is 0 Å². The van der Waals surface area contributed by atoms with E-state index in [1.165, 1.54) is 289 Å². The molecule has 1 heterocycles. The topological polar surface area (TPSA) is 8.81 Å². The number of hydrogen-bond donors (Lipinski definition) is 0. The van der Waals surface area contributed by atoms with Crippen LogP contribution in [0.4, 0.5) is 0 Å². The molecule has 53 heavy (non-hydrogen) atoms. The molecule has 2 heteroatoms. The van der Waals surface area contributed by atoms with Crippen LogP contribution in [0.15, 0.2) is 12.4 Å². The monoisotopic (exact) mass is 742 g/mol. The van der Waals surface area contributed by atoms with Crippen molar-refractivity contribution in [3.05, 3.63) is 18.2 Å². The van der Waals surface area contributed by atoms with Crippen molar-refractivity contribution in [3.8, 4) is 0 Å². The smallest absolute Gasteiger partial charge is 0.234 e. The van der Waals surface area contributed by atoms with Gasteiger partial charge in [0.15, 0.2) is 0 Å². The standard InChI is InChI=1S/C51H101N2/c1-4-7-10-13-16-19-22-25-26-27-28-30-33-36-39-42-45-48-53-50-49-52(47-44-41-38-35-32-29-23-20-17-14-11-8-5-2)51(53)46-43-40-37-34-31-24-21-18-15-12-9-6-3/h49-50H,4-48H2,1-3H3/q+1. The molecule has 2 nitrogen and oxygen atoms in total. The van der Waals surface area contributed by atoms with Crippen molar-refractivity contribution < 1.29 is 4.57 Å². The number of rotatable bonds is 45. The van der Waals surface area contributed by atoms with Crippen LogP contribution in [0.1, 0.15) is 296 Å². The second-order valence-electron chi connectivity index (χ2n) is 17.6. The van der Waals surface area contributed by atoms with Crippen molar-refractivity contribution in [2.45, 2.75) is 310 Å². The summed E-state index contributed by atoms with van der Waals surface area (Å²) >= 11 is 0. The van der Waals surface area contributed by atoms with Crippen LogP contribution in [-0.2, 0) is 19.5 Å². The quantitative estimate of drug-likeness (QED) is 0.0465. The van der Waals surface area contributed by atoms with Crippen molar-refractivity contribution in [2.75, 3.05) is 0 Å². The van der Waals surface area contributed by atoms with Gasteiger partial charge >= 0.3 is 0 Å². The van der Waals surface area contributed by atoms with Crippen LogP contribution in [-0.4, -0.2) is 4.57 Å². The fraction of sp³-hybridized carbons (Fsp3) is 0.941. The van der Waals surface area contributed by atoms with Crippen molar-refractivity contribution in [2.24, 2.45) is 0 Å². The minimum Gasteiger partial charge on any atom is -0.234 e. The van der Waals surface area contributed by atoms with Gasteiger partial charge in [0.05, 0.1) is 13.1 Å². The first-order valence-electron chi connectivity index (χ1n) is 25.4. The Morgan fingerprint density at radius 1 is 0.321 bits per heavy atom. The summed E-state index contributed by atoms with van der Waals surface area (Å²) in [5, 5.41) is 0. The third-order valence-electron chi connectivity index (χ3n) is 12.3. The molecule has 0 unspecified atom stereocenters. The minimum atomic E-state index is 1.23. The molecule has 314 valence electrons. The first kappa shape index (κ1) is 50.2. The summed E-state index contributed by atoms with van der Waals surface area (Å²) in [6.07, 6.45) is 66.8. The fourth-order valence-corrected chi connectivity index (χ4v) is 8.62. The largest absolute Gasteiger partial charge is 0.256 e. The van der Waals surface area contributed by atoms with Crippen LogP contribution in [0.2, 0.25) is 0 Å². The molecule has 0 aliphatic carbocycles. The number of aromatic nitrogens is 2. The van der Waals surface area contributed by atoms with Crippen LogP contribution in [0.25, 0.3) is 0 Å². The maximum Gasteiger partial charge on any atom is 0.256 e. The van der Waals surface area contributed by atoms with E-state index in [1.807, 2.05) is 0 Å². The van der Waals surface area contributed by atoms with Gasteiger partial charge in [-0.15, -0.1) is 0 Å². The third kappa shape index (κ3) is 34.2. The van der Waals surface area contributed by atoms with Crippen LogP contribution in [0, 0.1) is 0 Å². The molecule has 0 aliphatic rings. The summed E-state index contributed by atoms with van der Waals surface area (Å²) in [6.45, 7) is 9.42. The molecule has 0 fully saturated rings. The Hall–Kier alpha value is -0.790. The molecule has 0 spiro atoms. The summed E-state index contributed by atoms with van der Waals surface area (Å²) in [6, 6.07) is 0. The van der Waals surface area contributed by atoms with E-state index >= 15 is 0 Å². The van der Waals surface area contributed by atoms with Gasteiger partial charge in [-0.1, -0.05) is 258 Å². The SMILES string of the molecule is CCCCCCCCCCCCCCCCCCCn1cc[n+](CCCCCCCCCCCCCCC)c1CCCCCCCCCCCCCC. The van der Waals surface area contributed by atoms with E-state index in [-0.39, 0.29) is 0 Å². The second kappa shape index (κ2) is 42.4. The molecule has 0 saturated heterocycles. The zero-order chi connectivity index (χ0) is 38.0. The Morgan fingerprint density at radius 2 is 0.585 bits per heavy atom. The first-order valence-corrected chi connectivity index (χ1v) is 25.4. The highest BCUT2D eigenvalue weighted by Crippen LogP contribution is 2.17. The molecule has 0 atom stereocenters. The number of aryl methyl sites for hydroxylation is 2. The van der Waals surface area contributed by atoms with Crippen molar-refractivity contribution in [1.29, 1.82) is 0 Å². The highest BCUT2D eigenvalue weighted by Gasteiger charge is 2.16. The van der Waals surface area contributed by atoms with Crippen LogP contribution in [0.5, 0.6) is 0 Å². The first-order chi connectivity index (χ1) is 26.3. The summed E-state index contributed by atoms with van der Waals surface area (Å²) in [4.78, 5) is 0. The molecular formula is C51H101N2+. The Balaban J connectivity index is 2.24. The number of unbranched alkanes of at least 4 members (excludes halogenated alkanes) is 39. The lowest BCUT2D eigenvalue weighted by molar-refractivity contribution is -0.704. The normalized spacial score (nSPS) is 11.7. The van der Waals surface area contributed by atoms with Gasteiger partial charge in [0.2, 0.25) is 0 Å². The van der Waals surface area contributed by atoms with E-state index < -0.39 is 0 Å². The molecule has 0 aromatic carbocycles. The predicted octanol–water partition coefficient (Wildman–Crippen LogP) is 17.8. The molecule has 0 bridgehead atoms. The van der Waals surface area contributed by atoms with Gasteiger partial charge in [0.25, 0.3) is 5.82 Å².